The van der Waals surface area contributed by atoms with Crippen LogP contribution in [-0.2, 0) is 17.8 Å². The predicted molar refractivity (Wildman–Crippen MR) is 66.7 cm³/mol. The Kier molecular flexibility index (Phi) is 6.42. The van der Waals surface area contributed by atoms with Gasteiger partial charge in [0, 0.05) is 5.56 Å². The van der Waals surface area contributed by atoms with Crippen molar-refractivity contribution >= 4 is 23.2 Å². The fourth-order valence-corrected chi connectivity index (χ4v) is 1.95. The molecule has 0 atom stereocenters. The van der Waals surface area contributed by atoms with Gasteiger partial charge in [0.05, 0.1) is 0 Å². The molecule has 0 bridgehead atoms. The lowest BCUT2D eigenvalue weighted by atomic mass is 10.2. The van der Waals surface area contributed by atoms with E-state index in [9.17, 15) is 17.6 Å². The number of hydrogen-bond acceptors (Lipinski definition) is 3. The highest BCUT2D eigenvalue weighted by molar-refractivity contribution is 6.34. The molecule has 1 aromatic rings. The van der Waals surface area contributed by atoms with E-state index >= 15 is 0 Å². The molecule has 0 aliphatic heterocycles. The topological polar surface area (TPSA) is 35.0 Å². The van der Waals surface area contributed by atoms with Crippen molar-refractivity contribution in [2.45, 2.75) is 38.7 Å². The summed E-state index contributed by atoms with van der Waals surface area (Å²) in [6.07, 6.45) is -2.44. The minimum Gasteiger partial charge on any atom is -0.367 e. The van der Waals surface area contributed by atoms with Crippen LogP contribution >= 0.6 is 23.2 Å². The van der Waals surface area contributed by atoms with Gasteiger partial charge in [-0.25, -0.2) is 18.7 Å². The van der Waals surface area contributed by atoms with Crippen molar-refractivity contribution in [3.8, 4) is 0 Å². The van der Waals surface area contributed by atoms with Crippen molar-refractivity contribution in [1.82, 2.24) is 9.97 Å². The Morgan fingerprint density at radius 2 is 1.75 bits per heavy atom. The molecule has 9 heteroatoms. The molecular weight excluding hydrogens is 323 g/mol. The van der Waals surface area contributed by atoms with Gasteiger partial charge in [-0.2, -0.15) is 8.78 Å². The molecule has 20 heavy (non-hydrogen) atoms. The summed E-state index contributed by atoms with van der Waals surface area (Å²) < 4.78 is 53.5. The van der Waals surface area contributed by atoms with E-state index in [0.717, 1.165) is 6.42 Å². The number of alkyl halides is 4. The fourth-order valence-electron chi connectivity index (χ4n) is 1.33. The third-order valence-corrected chi connectivity index (χ3v) is 2.92. The van der Waals surface area contributed by atoms with E-state index in [1.807, 2.05) is 6.92 Å². The molecule has 0 spiro atoms. The number of halogens is 6. The van der Waals surface area contributed by atoms with E-state index in [0.29, 0.717) is 12.0 Å². The summed E-state index contributed by atoms with van der Waals surface area (Å²) in [6.45, 7) is 0.00420. The van der Waals surface area contributed by atoms with Crippen molar-refractivity contribution in [1.29, 1.82) is 0 Å². The molecule has 0 radical (unpaired) electrons. The van der Waals surface area contributed by atoms with Crippen LogP contribution in [0.25, 0.3) is 0 Å². The summed E-state index contributed by atoms with van der Waals surface area (Å²) in [5.74, 6) is -4.25. The van der Waals surface area contributed by atoms with Crippen LogP contribution in [0.5, 0.6) is 0 Å². The molecule has 0 amide bonds. The van der Waals surface area contributed by atoms with Gasteiger partial charge in [-0.1, -0.05) is 36.5 Å². The third-order valence-electron chi connectivity index (χ3n) is 2.30. The van der Waals surface area contributed by atoms with Crippen molar-refractivity contribution < 1.29 is 22.3 Å². The zero-order valence-corrected chi connectivity index (χ0v) is 12.0. The molecule has 1 rings (SSSR count). The van der Waals surface area contributed by atoms with Crippen molar-refractivity contribution in [3.05, 3.63) is 21.7 Å². The molecule has 0 aliphatic carbocycles. The second kappa shape index (κ2) is 7.38. The lowest BCUT2D eigenvalue weighted by Crippen LogP contribution is -2.32. The first-order valence-corrected chi connectivity index (χ1v) is 6.48. The summed E-state index contributed by atoms with van der Waals surface area (Å²) in [5.41, 5.74) is 0.553. The van der Waals surface area contributed by atoms with Gasteiger partial charge in [-0.3, -0.25) is 0 Å². The maximum Gasteiger partial charge on any atom is 0.330 e. The highest BCUT2D eigenvalue weighted by Gasteiger charge is 2.41. The molecule has 1 aromatic heterocycles. The van der Waals surface area contributed by atoms with E-state index in [4.69, 9.17) is 23.2 Å². The zero-order valence-electron chi connectivity index (χ0n) is 10.5. The van der Waals surface area contributed by atoms with Gasteiger partial charge in [-0.05, 0) is 6.42 Å². The van der Waals surface area contributed by atoms with Crippen LogP contribution in [0, 0.1) is 0 Å². The second-order valence-electron chi connectivity index (χ2n) is 4.00. The number of rotatable bonds is 7. The van der Waals surface area contributed by atoms with E-state index in [1.165, 1.54) is 0 Å². The molecule has 0 fully saturated rings. The van der Waals surface area contributed by atoms with Crippen molar-refractivity contribution in [3.63, 3.8) is 0 Å². The summed E-state index contributed by atoms with van der Waals surface area (Å²) in [5, 5.41) is 0.206. The van der Waals surface area contributed by atoms with E-state index < -0.39 is 25.6 Å². The van der Waals surface area contributed by atoms with Crippen LogP contribution in [0.15, 0.2) is 0 Å². The number of nitrogens with zero attached hydrogens (tertiary/aromatic N) is 2. The Labute approximate surface area is 123 Å². The van der Waals surface area contributed by atoms with Crippen LogP contribution < -0.4 is 0 Å². The first-order chi connectivity index (χ1) is 9.27. The number of hydrogen-bond donors (Lipinski definition) is 0. The summed E-state index contributed by atoms with van der Waals surface area (Å²) in [6, 6.07) is 0. The van der Waals surface area contributed by atoms with E-state index in [-0.39, 0.29) is 16.1 Å². The lowest BCUT2D eigenvalue weighted by molar-refractivity contribution is -0.168. The minimum atomic E-state index is -4.21. The van der Waals surface area contributed by atoms with Gasteiger partial charge >= 0.3 is 12.3 Å². The maximum absolute atomic E-state index is 12.6. The third kappa shape index (κ3) is 4.71. The van der Waals surface area contributed by atoms with Crippen LogP contribution in [0.4, 0.5) is 17.6 Å². The molecule has 0 saturated carbocycles. The molecule has 0 unspecified atom stereocenters. The van der Waals surface area contributed by atoms with Gasteiger partial charge in [0.25, 0.3) is 0 Å². The molecule has 0 aliphatic rings. The molecule has 0 saturated heterocycles. The van der Waals surface area contributed by atoms with Gasteiger partial charge in [0.15, 0.2) is 5.82 Å². The van der Waals surface area contributed by atoms with Gasteiger partial charge in [0.1, 0.15) is 23.5 Å². The Bertz CT molecular complexity index is 437. The number of ether oxygens (including phenoxy) is 1. The Morgan fingerprint density at radius 1 is 1.20 bits per heavy atom. The van der Waals surface area contributed by atoms with Crippen LogP contribution in [0.1, 0.15) is 24.7 Å². The fraction of sp³-hybridized carbons (Fsp3) is 0.636. The van der Waals surface area contributed by atoms with Crippen LogP contribution in [0.2, 0.25) is 10.3 Å². The second-order valence-corrected chi connectivity index (χ2v) is 4.72. The normalized spacial score (nSPS) is 12.2. The summed E-state index contributed by atoms with van der Waals surface area (Å²) in [7, 11) is 0. The van der Waals surface area contributed by atoms with Crippen LogP contribution in [-0.4, -0.2) is 28.9 Å². The average molecular weight is 335 g/mol. The standard InChI is InChI=1S/C11H12Cl2F4N2O/c1-2-3-6-8(12)18-7(19-9(6)13)4-20-5-11(16,17)10(14)15/h10H,2-5H2,1H3. The largest absolute Gasteiger partial charge is 0.367 e. The Morgan fingerprint density at radius 3 is 2.20 bits per heavy atom. The highest BCUT2D eigenvalue weighted by Crippen LogP contribution is 2.25. The predicted octanol–water partition coefficient (Wildman–Crippen LogP) is 4.15. The average Bonchev–Trinajstić information content (AvgIpc) is 2.33. The monoisotopic (exact) mass is 334 g/mol. The zero-order chi connectivity index (χ0) is 15.3. The number of aromatic nitrogens is 2. The molecule has 0 aromatic carbocycles. The minimum absolute atomic E-state index is 0.0371. The summed E-state index contributed by atoms with van der Waals surface area (Å²) >= 11 is 11.7. The van der Waals surface area contributed by atoms with Gasteiger partial charge in [0.2, 0.25) is 0 Å². The smallest absolute Gasteiger partial charge is 0.330 e. The molecule has 3 nitrogen and oxygen atoms in total. The van der Waals surface area contributed by atoms with E-state index in [1.54, 1.807) is 0 Å². The Hall–Kier alpha value is -0.660. The lowest BCUT2D eigenvalue weighted by Gasteiger charge is -2.15. The van der Waals surface area contributed by atoms with Crippen molar-refractivity contribution in [2.24, 2.45) is 0 Å². The van der Waals surface area contributed by atoms with Gasteiger partial charge in [-0.15, -0.1) is 0 Å². The molecule has 114 valence electrons. The first kappa shape index (κ1) is 17.4. The van der Waals surface area contributed by atoms with E-state index in [2.05, 4.69) is 14.7 Å². The first-order valence-electron chi connectivity index (χ1n) is 5.72. The van der Waals surface area contributed by atoms with Crippen LogP contribution in [0.3, 0.4) is 0 Å². The van der Waals surface area contributed by atoms with Crippen molar-refractivity contribution in [2.75, 3.05) is 6.61 Å². The molecule has 0 N–H and O–H groups in total. The summed E-state index contributed by atoms with van der Waals surface area (Å²) in [4.78, 5) is 7.66. The van der Waals surface area contributed by atoms with Gasteiger partial charge < -0.3 is 4.74 Å². The Balaban J connectivity index is 2.66. The SMILES string of the molecule is CCCc1c(Cl)nc(COCC(F)(F)C(F)F)nc1Cl. The quantitative estimate of drug-likeness (QED) is 0.555. The maximum atomic E-state index is 12.6. The molecular formula is C11H12Cl2F4N2O. The molecule has 1 heterocycles. The highest BCUT2D eigenvalue weighted by atomic mass is 35.5.